The van der Waals surface area contributed by atoms with E-state index in [2.05, 4.69) is 29.3 Å². The minimum absolute atomic E-state index is 0.0485. The Bertz CT molecular complexity index is 800. The van der Waals surface area contributed by atoms with Crippen LogP contribution in [0.4, 0.5) is 5.69 Å². The van der Waals surface area contributed by atoms with Crippen LogP contribution in [0, 0.1) is 5.92 Å². The first-order valence-electron chi connectivity index (χ1n) is 8.96. The van der Waals surface area contributed by atoms with Crippen molar-refractivity contribution in [2.24, 2.45) is 5.92 Å². The molecule has 144 valence electrons. The van der Waals surface area contributed by atoms with Gasteiger partial charge < -0.3 is 19.5 Å². The van der Waals surface area contributed by atoms with Gasteiger partial charge in [-0.15, -0.1) is 0 Å². The van der Waals surface area contributed by atoms with Crippen LogP contribution >= 0.6 is 0 Å². The Kier molecular flexibility index (Phi) is 5.85. The third-order valence-corrected chi connectivity index (χ3v) is 4.56. The van der Waals surface area contributed by atoms with Crippen molar-refractivity contribution < 1.29 is 18.8 Å². The predicted octanol–water partition coefficient (Wildman–Crippen LogP) is 2.01. The number of nitrogens with one attached hydrogen (secondary N) is 1. The number of hydrogen-bond acceptors (Lipinski definition) is 6. The van der Waals surface area contributed by atoms with Crippen molar-refractivity contribution in [1.82, 2.24) is 15.5 Å². The van der Waals surface area contributed by atoms with E-state index in [0.717, 1.165) is 5.69 Å². The van der Waals surface area contributed by atoms with Crippen molar-refractivity contribution >= 4 is 17.5 Å². The number of aromatic nitrogens is 2. The average molecular weight is 372 g/mol. The summed E-state index contributed by atoms with van der Waals surface area (Å²) in [5, 5.41) is 6.50. The highest BCUT2D eigenvalue weighted by molar-refractivity contribution is 6.00. The average Bonchev–Trinajstić information content (AvgIpc) is 3.26. The topological polar surface area (TPSA) is 97.6 Å². The van der Waals surface area contributed by atoms with Gasteiger partial charge in [0.05, 0.1) is 12.5 Å². The Labute approximate surface area is 157 Å². The van der Waals surface area contributed by atoms with Gasteiger partial charge in [-0.25, -0.2) is 0 Å². The van der Waals surface area contributed by atoms with Crippen molar-refractivity contribution in [1.29, 1.82) is 0 Å². The Balaban J connectivity index is 1.56. The van der Waals surface area contributed by atoms with Gasteiger partial charge in [-0.2, -0.15) is 4.98 Å². The molecule has 1 aromatic heterocycles. The van der Waals surface area contributed by atoms with Gasteiger partial charge in [0.25, 0.3) is 0 Å². The zero-order valence-electron chi connectivity index (χ0n) is 15.8. The van der Waals surface area contributed by atoms with E-state index in [4.69, 9.17) is 9.26 Å². The zero-order chi connectivity index (χ0) is 19.4. The number of amides is 2. The molecule has 0 saturated carbocycles. The second-order valence-electron chi connectivity index (χ2n) is 6.91. The molecule has 27 heavy (non-hydrogen) atoms. The Morgan fingerprint density at radius 3 is 2.78 bits per heavy atom. The minimum atomic E-state index is -0.399. The molecule has 2 heterocycles. The van der Waals surface area contributed by atoms with Gasteiger partial charge in [0.15, 0.2) is 5.82 Å². The van der Waals surface area contributed by atoms with E-state index in [1.165, 1.54) is 12.7 Å². The SMILES string of the molecule is COCc1noc(CNC(=O)C2CC(=O)N(c3ccc(C(C)C)cc3)C2)n1. The lowest BCUT2D eigenvalue weighted by Gasteiger charge is -2.17. The number of carbonyl (C=O) groups is 2. The molecule has 0 radical (unpaired) electrons. The van der Waals surface area contributed by atoms with E-state index in [1.54, 1.807) is 4.90 Å². The monoisotopic (exact) mass is 372 g/mol. The van der Waals surface area contributed by atoms with Crippen LogP contribution in [0.25, 0.3) is 0 Å². The molecule has 1 atom stereocenters. The number of ether oxygens (including phenoxy) is 1. The third kappa shape index (κ3) is 4.51. The molecule has 2 amide bonds. The molecule has 2 aromatic rings. The maximum atomic E-state index is 12.4. The van der Waals surface area contributed by atoms with Crippen LogP contribution in [0.3, 0.4) is 0 Å². The Hall–Kier alpha value is -2.74. The number of benzene rings is 1. The van der Waals surface area contributed by atoms with Gasteiger partial charge in [0.2, 0.25) is 17.7 Å². The molecule has 0 bridgehead atoms. The second-order valence-corrected chi connectivity index (χ2v) is 6.91. The van der Waals surface area contributed by atoms with E-state index in [9.17, 15) is 9.59 Å². The maximum Gasteiger partial charge on any atom is 0.246 e. The van der Waals surface area contributed by atoms with E-state index in [1.807, 2.05) is 24.3 Å². The van der Waals surface area contributed by atoms with Gasteiger partial charge in [0.1, 0.15) is 6.61 Å². The van der Waals surface area contributed by atoms with Crippen molar-refractivity contribution in [3.8, 4) is 0 Å². The van der Waals surface area contributed by atoms with E-state index < -0.39 is 5.92 Å². The summed E-state index contributed by atoms with van der Waals surface area (Å²) in [5.74, 6) is 0.517. The van der Waals surface area contributed by atoms with Crippen LogP contribution in [0.2, 0.25) is 0 Å². The fourth-order valence-electron chi connectivity index (χ4n) is 3.03. The summed E-state index contributed by atoms with van der Waals surface area (Å²) < 4.78 is 9.96. The lowest BCUT2D eigenvalue weighted by atomic mass is 10.0. The molecule has 1 saturated heterocycles. The van der Waals surface area contributed by atoms with Crippen LogP contribution in [-0.4, -0.2) is 35.6 Å². The smallest absolute Gasteiger partial charge is 0.246 e. The van der Waals surface area contributed by atoms with Crippen molar-refractivity contribution in [2.45, 2.75) is 39.3 Å². The van der Waals surface area contributed by atoms with Gasteiger partial charge in [0, 0.05) is 25.8 Å². The fraction of sp³-hybridized carbons (Fsp3) is 0.474. The summed E-state index contributed by atoms with van der Waals surface area (Å²) in [6, 6.07) is 7.91. The summed E-state index contributed by atoms with van der Waals surface area (Å²) >= 11 is 0. The maximum absolute atomic E-state index is 12.4. The molecule has 1 fully saturated rings. The second kappa shape index (κ2) is 8.30. The van der Waals surface area contributed by atoms with Crippen LogP contribution < -0.4 is 10.2 Å². The van der Waals surface area contributed by atoms with Gasteiger partial charge in [-0.05, 0) is 23.6 Å². The highest BCUT2D eigenvalue weighted by atomic mass is 16.5. The summed E-state index contributed by atoms with van der Waals surface area (Å²) in [4.78, 5) is 30.5. The lowest BCUT2D eigenvalue weighted by molar-refractivity contribution is -0.126. The lowest BCUT2D eigenvalue weighted by Crippen LogP contribution is -2.32. The predicted molar refractivity (Wildman–Crippen MR) is 97.8 cm³/mol. The normalized spacial score (nSPS) is 17.0. The number of carbonyl (C=O) groups excluding carboxylic acids is 2. The molecule has 1 N–H and O–H groups in total. The quantitative estimate of drug-likeness (QED) is 0.798. The highest BCUT2D eigenvalue weighted by Gasteiger charge is 2.35. The summed E-state index contributed by atoms with van der Waals surface area (Å²) in [6.45, 7) is 4.99. The van der Waals surface area contributed by atoms with Crippen molar-refractivity contribution in [3.05, 3.63) is 41.5 Å². The third-order valence-electron chi connectivity index (χ3n) is 4.56. The molecule has 8 heteroatoms. The molecule has 0 aliphatic carbocycles. The molecule has 0 spiro atoms. The number of rotatable bonds is 7. The first-order valence-corrected chi connectivity index (χ1v) is 8.96. The van der Waals surface area contributed by atoms with E-state index in [0.29, 0.717) is 24.2 Å². The van der Waals surface area contributed by atoms with Gasteiger partial charge in [-0.1, -0.05) is 31.1 Å². The Morgan fingerprint density at radius 1 is 1.37 bits per heavy atom. The summed E-state index contributed by atoms with van der Waals surface area (Å²) in [5.41, 5.74) is 2.04. The molecular formula is C19H24N4O4. The number of nitrogens with zero attached hydrogens (tertiary/aromatic N) is 3. The number of hydrogen-bond donors (Lipinski definition) is 1. The number of anilines is 1. The molecule has 1 aliphatic heterocycles. The van der Waals surface area contributed by atoms with E-state index in [-0.39, 0.29) is 31.4 Å². The standard InChI is InChI=1S/C19H24N4O4/c1-12(2)13-4-6-15(7-5-13)23-10-14(8-18(23)24)19(25)20-9-17-21-16(11-26-3)22-27-17/h4-7,12,14H,8-11H2,1-3H3,(H,20,25). The largest absolute Gasteiger partial charge is 0.377 e. The molecule has 1 unspecified atom stereocenters. The van der Waals surface area contributed by atoms with Crippen LogP contribution in [0.1, 0.15) is 43.5 Å². The Morgan fingerprint density at radius 2 is 2.11 bits per heavy atom. The van der Waals surface area contributed by atoms with Crippen LogP contribution in [0.5, 0.6) is 0 Å². The summed E-state index contributed by atoms with van der Waals surface area (Å²) in [6.07, 6.45) is 0.191. The molecule has 1 aliphatic rings. The van der Waals surface area contributed by atoms with Crippen LogP contribution in [0.15, 0.2) is 28.8 Å². The van der Waals surface area contributed by atoms with Gasteiger partial charge in [-0.3, -0.25) is 9.59 Å². The molecule has 1 aromatic carbocycles. The fourth-order valence-corrected chi connectivity index (χ4v) is 3.03. The molecule has 3 rings (SSSR count). The van der Waals surface area contributed by atoms with Crippen LogP contribution in [-0.2, 0) is 27.5 Å². The number of methoxy groups -OCH3 is 1. The van der Waals surface area contributed by atoms with Crippen molar-refractivity contribution in [2.75, 3.05) is 18.6 Å². The van der Waals surface area contributed by atoms with E-state index >= 15 is 0 Å². The first kappa shape index (κ1) is 19.0. The zero-order valence-corrected chi connectivity index (χ0v) is 15.8. The molecule has 8 nitrogen and oxygen atoms in total. The van der Waals surface area contributed by atoms with Crippen molar-refractivity contribution in [3.63, 3.8) is 0 Å². The van der Waals surface area contributed by atoms with Gasteiger partial charge >= 0.3 is 0 Å². The first-order chi connectivity index (χ1) is 13.0. The highest BCUT2D eigenvalue weighted by Crippen LogP contribution is 2.27. The molecular weight excluding hydrogens is 348 g/mol. The minimum Gasteiger partial charge on any atom is -0.377 e. The summed E-state index contributed by atoms with van der Waals surface area (Å²) in [7, 11) is 1.54.